The highest BCUT2D eigenvalue weighted by Crippen LogP contribution is 2.53. The van der Waals surface area contributed by atoms with Crippen LogP contribution in [0.1, 0.15) is 152 Å². The lowest BCUT2D eigenvalue weighted by Crippen LogP contribution is -1.91. The van der Waals surface area contributed by atoms with Gasteiger partial charge < -0.3 is 17.9 Å². The van der Waals surface area contributed by atoms with E-state index in [9.17, 15) is 0 Å². The zero-order valence-corrected chi connectivity index (χ0v) is 78.7. The molecule has 28 rings (SSSR count). The highest BCUT2D eigenvalue weighted by molar-refractivity contribution is 6.32. The zero-order chi connectivity index (χ0) is 91.1. The molecule has 0 spiro atoms. The third-order valence-corrected chi connectivity index (χ3v) is 30.6. The summed E-state index contributed by atoms with van der Waals surface area (Å²) < 4.78 is 13.4. The van der Waals surface area contributed by atoms with Crippen molar-refractivity contribution in [3.8, 4) is 39.1 Å². The molecule has 0 aliphatic carbocycles. The maximum absolute atomic E-state index is 5.79. The van der Waals surface area contributed by atoms with Crippen molar-refractivity contribution >= 4 is 222 Å². The number of benzene rings is 22. The number of hydrogen-bond acceptors (Lipinski definition) is 1. The molecule has 0 saturated heterocycles. The van der Waals surface area contributed by atoms with Gasteiger partial charge in [0.05, 0.1) is 56.8 Å². The number of aromatic nitrogens is 3. The fourth-order valence-electron chi connectivity index (χ4n) is 23.4. The van der Waals surface area contributed by atoms with Crippen LogP contribution >= 0.6 is 0 Å². The average molecular weight is 1740 g/mol. The second kappa shape index (κ2) is 30.3. The topological polar surface area (TPSA) is 22.5 Å². The van der Waals surface area contributed by atoms with E-state index < -0.39 is 0 Å². The van der Waals surface area contributed by atoms with E-state index in [1.807, 2.05) is 0 Å². The Morgan fingerprint density at radius 1 is 0.170 bits per heavy atom. The van der Waals surface area contributed by atoms with Crippen LogP contribution in [0.15, 0.2) is 352 Å². The minimum atomic E-state index is 0.477. The second-order valence-corrected chi connectivity index (χ2v) is 40.6. The summed E-state index contributed by atoms with van der Waals surface area (Å²) in [5, 5.41) is 41.5. The summed E-state index contributed by atoms with van der Waals surface area (Å²) >= 11 is 0. The van der Waals surface area contributed by atoms with E-state index in [0.29, 0.717) is 35.5 Å². The van der Waals surface area contributed by atoms with Crippen molar-refractivity contribution in [2.45, 2.75) is 119 Å². The van der Waals surface area contributed by atoms with Crippen molar-refractivity contribution in [3.63, 3.8) is 0 Å². The van der Waals surface area contributed by atoms with Gasteiger partial charge in [-0.05, 0) is 325 Å². The van der Waals surface area contributed by atoms with Gasteiger partial charge in [0.25, 0.3) is 0 Å². The van der Waals surface area contributed by atoms with E-state index in [0.717, 1.165) is 5.75 Å². The predicted octanol–water partition coefficient (Wildman–Crippen LogP) is 37.8. The van der Waals surface area contributed by atoms with Crippen LogP contribution in [0.2, 0.25) is 0 Å². The summed E-state index contributed by atoms with van der Waals surface area (Å²) in [5.41, 5.74) is 27.5. The molecule has 0 unspecified atom stereocenters. The lowest BCUT2D eigenvalue weighted by atomic mass is 9.85. The lowest BCUT2D eigenvalue weighted by molar-refractivity contribution is 0.416. The first-order valence-corrected chi connectivity index (χ1v) is 48.7. The van der Waals surface area contributed by atoms with Crippen molar-refractivity contribution in [2.24, 2.45) is 0 Å². The van der Waals surface area contributed by atoms with Gasteiger partial charge in [0.2, 0.25) is 0 Å². The molecule has 0 amide bonds. The quantitative estimate of drug-likeness (QED) is 0.0988. The molecule has 4 heteroatoms. The van der Waals surface area contributed by atoms with Crippen molar-refractivity contribution in [2.75, 3.05) is 7.11 Å². The molecule has 4 nitrogen and oxygen atoms in total. The Balaban J connectivity index is 0.000000108. The highest BCUT2D eigenvalue weighted by atomic mass is 16.5. The third kappa shape index (κ3) is 12.4. The maximum Gasteiger partial charge on any atom is 0.120 e. The number of fused-ring (bicyclic) bond motifs is 29. The molecule has 0 aliphatic heterocycles. The zero-order valence-electron chi connectivity index (χ0n) is 78.7. The maximum atomic E-state index is 5.79. The monoisotopic (exact) mass is 1730 g/mol. The molecule has 0 saturated carbocycles. The molecule has 135 heavy (non-hydrogen) atoms. The van der Waals surface area contributed by atoms with Crippen molar-refractivity contribution in [3.05, 3.63) is 385 Å². The molecule has 6 aromatic heterocycles. The first-order valence-electron chi connectivity index (χ1n) is 48.7. The molecule has 28 aromatic rings. The number of ether oxygens (including phenoxy) is 1. The number of hydrogen-bond donors (Lipinski definition) is 0. The molecule has 22 aromatic carbocycles. The van der Waals surface area contributed by atoms with E-state index in [2.05, 4.69) is 448 Å². The Morgan fingerprint density at radius 2 is 0.422 bits per heavy atom. The Morgan fingerprint density at radius 3 is 0.719 bits per heavy atom. The van der Waals surface area contributed by atoms with Crippen LogP contribution in [0, 0.1) is 0 Å². The Hall–Kier alpha value is -15.4. The molecule has 0 aliphatic rings. The predicted molar refractivity (Wildman–Crippen MR) is 586 cm³/mol. The summed E-state index contributed by atoms with van der Waals surface area (Å²) in [4.78, 5) is 0. The van der Waals surface area contributed by atoms with Crippen LogP contribution in [0.4, 0.5) is 0 Å². The Bertz CT molecular complexity index is 9410. The second-order valence-electron chi connectivity index (χ2n) is 40.6. The molecule has 0 radical (unpaired) electrons. The van der Waals surface area contributed by atoms with Gasteiger partial charge in [-0.25, -0.2) is 0 Å². The minimum absolute atomic E-state index is 0.477. The molecular weight excluding hydrogens is 1630 g/mol. The van der Waals surface area contributed by atoms with Gasteiger partial charge in [-0.3, -0.25) is 0 Å². The van der Waals surface area contributed by atoms with E-state index in [-0.39, 0.29) is 0 Å². The summed E-state index contributed by atoms with van der Waals surface area (Å²) in [6.45, 7) is 27.3. The first-order chi connectivity index (χ1) is 65.8. The molecule has 0 N–H and O–H groups in total. The van der Waals surface area contributed by atoms with Crippen molar-refractivity contribution in [1.29, 1.82) is 0 Å². The summed E-state index contributed by atoms with van der Waals surface area (Å²) in [7, 11) is 1.77. The van der Waals surface area contributed by atoms with Crippen molar-refractivity contribution in [1.82, 2.24) is 13.2 Å². The standard InChI is InChI=1S/C52H39N.C46H35N.C33H29NO/c1-30(2)33-18-20-35-28-48-44(24-37(35)22-33)46-26-39(27-47-45-25-38-23-34(31(3)4)19-21-36(38)29-49(45)53(48)52(46)47)51-42-16-10-8-14-40(42)50(32-12-6-5-7-13-32)41-15-9-11-17-43(41)51;1-26(2)28-13-15-30-24-44-40(20-33(30)17-28)42-22-35(39-19-32-9-5-6-10-36(32)37-11-7-8-12-38(37)39)23-43-41-21-34-18-29(27(3)4)14-16-31(34)25-45(41)47(44)46(42)43;1-18(2)20-6-8-22-14-31-27(12-24(22)10-20)29-16-26(35-5)17-30-28-13-25-11-21(19(3)4)7-9-23(25)15-32(28)34(31)33(29)30/h5-31H,1-4H3;5-27H,1-4H3;6-19H,1-5H3. The number of nitrogens with zero attached hydrogens (tertiary/aromatic N) is 3. The Labute approximate surface area is 784 Å². The third-order valence-electron chi connectivity index (χ3n) is 30.6. The van der Waals surface area contributed by atoms with E-state index in [1.165, 1.54) is 289 Å². The van der Waals surface area contributed by atoms with E-state index in [1.54, 1.807) is 7.11 Å². The minimum Gasteiger partial charge on any atom is -0.497 e. The SMILES string of the molecule is CC(C)c1ccc2cc3c(cc2c1)c1cc(-c2c4ccccc4c(-c4ccccc4)c4ccccc24)cc2c4cc5cc(C(C)C)ccc5cc4n3c12.CC(C)c1ccc2cc3c(cc2c1)c1cc(-c2cc4ccccc4c4ccccc24)cc2c4cc5cc(C(C)C)ccc5cc4n3c12.COc1cc2c3cc4cc(C(C)C)ccc4cc3n3c4cc5ccc(C(C)C)cc5cc4c(c1)c23. The number of rotatable bonds is 10. The van der Waals surface area contributed by atoms with Crippen molar-refractivity contribution < 1.29 is 4.74 Å². The largest absolute Gasteiger partial charge is 0.497 e. The number of methoxy groups -OCH3 is 1. The van der Waals surface area contributed by atoms with Crippen LogP contribution in [0.3, 0.4) is 0 Å². The van der Waals surface area contributed by atoms with Crippen LogP contribution in [0.5, 0.6) is 5.75 Å². The lowest BCUT2D eigenvalue weighted by Gasteiger charge is -2.18. The van der Waals surface area contributed by atoms with E-state index >= 15 is 0 Å². The van der Waals surface area contributed by atoms with E-state index in [4.69, 9.17) is 4.74 Å². The fraction of sp³-hybridized carbons (Fsp3) is 0.145. The molecule has 0 bridgehead atoms. The summed E-state index contributed by atoms with van der Waals surface area (Å²) in [6, 6.07) is 134. The molecule has 0 atom stereocenters. The summed E-state index contributed by atoms with van der Waals surface area (Å²) in [5.74, 6) is 3.87. The normalized spacial score (nSPS) is 12.6. The van der Waals surface area contributed by atoms with Gasteiger partial charge in [-0.2, -0.15) is 0 Å². The van der Waals surface area contributed by atoms with Gasteiger partial charge in [0.1, 0.15) is 5.75 Å². The summed E-state index contributed by atoms with van der Waals surface area (Å²) in [6.07, 6.45) is 0. The molecule has 6 heterocycles. The fourth-order valence-corrected chi connectivity index (χ4v) is 23.4. The van der Waals surface area contributed by atoms with Crippen LogP contribution in [-0.2, 0) is 0 Å². The Kier molecular flexibility index (Phi) is 18.1. The molecular formula is C131H103N3O. The smallest absolute Gasteiger partial charge is 0.120 e. The van der Waals surface area contributed by atoms with Crippen LogP contribution in [0.25, 0.3) is 255 Å². The molecule has 648 valence electrons. The van der Waals surface area contributed by atoms with Gasteiger partial charge in [-0.15, -0.1) is 0 Å². The van der Waals surface area contributed by atoms with Crippen LogP contribution < -0.4 is 4.74 Å². The van der Waals surface area contributed by atoms with Gasteiger partial charge in [0, 0.05) is 64.6 Å². The first kappa shape index (κ1) is 80.5. The van der Waals surface area contributed by atoms with Crippen LogP contribution in [-0.4, -0.2) is 20.3 Å². The van der Waals surface area contributed by atoms with Gasteiger partial charge >= 0.3 is 0 Å². The van der Waals surface area contributed by atoms with Gasteiger partial charge in [0.15, 0.2) is 0 Å². The highest BCUT2D eigenvalue weighted by Gasteiger charge is 2.28. The molecule has 0 fully saturated rings. The van der Waals surface area contributed by atoms with Gasteiger partial charge in [-0.1, -0.05) is 320 Å². The average Bonchev–Trinajstić information content (AvgIpc) is 1.54.